The van der Waals surface area contributed by atoms with Crippen LogP contribution in [0.4, 0.5) is 0 Å². The number of para-hydroxylation sites is 1. The van der Waals surface area contributed by atoms with E-state index < -0.39 is 12.2 Å². The second-order valence-electron chi connectivity index (χ2n) is 4.10. The van der Waals surface area contributed by atoms with Crippen LogP contribution in [-0.4, -0.2) is 32.2 Å². The van der Waals surface area contributed by atoms with Crippen LogP contribution in [0.2, 0.25) is 0 Å². The smallest absolute Gasteiger partial charge is 0.185 e. The van der Waals surface area contributed by atoms with Gasteiger partial charge in [0.25, 0.3) is 0 Å². The fourth-order valence-corrected chi connectivity index (χ4v) is 2.44. The topological polar surface area (TPSA) is 73.3 Å². The molecular formula is C13H15NO3S. The normalized spacial score (nSPS) is 14.6. The third kappa shape index (κ3) is 2.75. The molecule has 2 rings (SSSR count). The number of aromatic nitrogens is 1. The molecule has 0 amide bonds. The molecule has 18 heavy (non-hydrogen) atoms. The molecule has 1 aromatic heterocycles. The molecule has 2 unspecified atom stereocenters. The standard InChI is InChI=1S/C13H15NO3S/c1-8(15)18-7-11(16)13(17)10-4-2-3-9-5-6-14-12(9)10/h2-6,11,13-14,16-17H,7H2,1H3. The Labute approximate surface area is 109 Å². The second-order valence-corrected chi connectivity index (χ2v) is 5.30. The third-order valence-corrected chi connectivity index (χ3v) is 3.67. The van der Waals surface area contributed by atoms with E-state index in [1.807, 2.05) is 18.2 Å². The fourth-order valence-electron chi connectivity index (χ4n) is 1.86. The molecule has 2 aromatic rings. The van der Waals surface area contributed by atoms with Crippen molar-refractivity contribution in [2.75, 3.05) is 5.75 Å². The summed E-state index contributed by atoms with van der Waals surface area (Å²) in [4.78, 5) is 13.9. The van der Waals surface area contributed by atoms with Crippen LogP contribution in [0.5, 0.6) is 0 Å². The van der Waals surface area contributed by atoms with Gasteiger partial charge in [-0.15, -0.1) is 0 Å². The predicted octanol–water partition coefficient (Wildman–Crippen LogP) is 1.84. The number of aliphatic hydroxyl groups excluding tert-OH is 2. The fraction of sp³-hybridized carbons (Fsp3) is 0.308. The van der Waals surface area contributed by atoms with E-state index in [-0.39, 0.29) is 10.9 Å². The highest BCUT2D eigenvalue weighted by atomic mass is 32.2. The second kappa shape index (κ2) is 5.56. The van der Waals surface area contributed by atoms with Crippen molar-refractivity contribution in [1.29, 1.82) is 0 Å². The summed E-state index contributed by atoms with van der Waals surface area (Å²) < 4.78 is 0. The Hall–Kier alpha value is -1.30. The van der Waals surface area contributed by atoms with Crippen LogP contribution < -0.4 is 0 Å². The number of benzene rings is 1. The molecule has 3 N–H and O–H groups in total. The first-order valence-electron chi connectivity index (χ1n) is 5.65. The molecule has 0 radical (unpaired) electrons. The van der Waals surface area contributed by atoms with E-state index in [2.05, 4.69) is 4.98 Å². The zero-order chi connectivity index (χ0) is 13.1. The maximum Gasteiger partial charge on any atom is 0.185 e. The summed E-state index contributed by atoms with van der Waals surface area (Å²) in [5.41, 5.74) is 1.46. The molecule has 0 aliphatic rings. The van der Waals surface area contributed by atoms with E-state index in [9.17, 15) is 15.0 Å². The molecule has 0 saturated heterocycles. The van der Waals surface area contributed by atoms with E-state index >= 15 is 0 Å². The minimum atomic E-state index is -1.00. The Balaban J connectivity index is 2.19. The van der Waals surface area contributed by atoms with Crippen molar-refractivity contribution in [1.82, 2.24) is 4.98 Å². The molecule has 0 spiro atoms. The lowest BCUT2D eigenvalue weighted by atomic mass is 10.0. The highest BCUT2D eigenvalue weighted by molar-refractivity contribution is 8.13. The Kier molecular flexibility index (Phi) is 4.06. The van der Waals surface area contributed by atoms with E-state index in [1.54, 1.807) is 12.3 Å². The summed E-state index contributed by atoms with van der Waals surface area (Å²) in [5.74, 6) is 0.188. The van der Waals surface area contributed by atoms with Crippen LogP contribution in [0.1, 0.15) is 18.6 Å². The molecule has 1 aromatic carbocycles. The van der Waals surface area contributed by atoms with Crippen molar-refractivity contribution < 1.29 is 15.0 Å². The monoisotopic (exact) mass is 265 g/mol. The first kappa shape index (κ1) is 13.1. The number of nitrogens with one attached hydrogen (secondary N) is 1. The van der Waals surface area contributed by atoms with E-state index in [1.165, 1.54) is 6.92 Å². The number of hydrogen-bond donors (Lipinski definition) is 3. The first-order valence-corrected chi connectivity index (χ1v) is 6.63. The number of aliphatic hydroxyl groups is 2. The van der Waals surface area contributed by atoms with Crippen molar-refractivity contribution >= 4 is 27.8 Å². The highest BCUT2D eigenvalue weighted by Gasteiger charge is 2.21. The van der Waals surface area contributed by atoms with E-state index in [0.29, 0.717) is 5.56 Å². The SMILES string of the molecule is CC(=O)SCC(O)C(O)c1cccc2cc[nH]c12. The Morgan fingerprint density at radius 3 is 2.89 bits per heavy atom. The number of rotatable bonds is 4. The van der Waals surface area contributed by atoms with Crippen LogP contribution in [0, 0.1) is 0 Å². The summed E-state index contributed by atoms with van der Waals surface area (Å²) in [6.07, 6.45) is -0.176. The van der Waals surface area contributed by atoms with Gasteiger partial charge < -0.3 is 15.2 Å². The number of thioether (sulfide) groups is 1. The van der Waals surface area contributed by atoms with E-state index in [4.69, 9.17) is 0 Å². The van der Waals surface area contributed by atoms with Gasteiger partial charge in [0, 0.05) is 24.4 Å². The molecule has 0 saturated carbocycles. The number of carbonyl (C=O) groups is 1. The lowest BCUT2D eigenvalue weighted by Gasteiger charge is -2.18. The maximum absolute atomic E-state index is 10.8. The van der Waals surface area contributed by atoms with Gasteiger partial charge in [-0.2, -0.15) is 0 Å². The van der Waals surface area contributed by atoms with Gasteiger partial charge in [0.2, 0.25) is 0 Å². The summed E-state index contributed by atoms with van der Waals surface area (Å²) in [5, 5.41) is 20.9. The van der Waals surface area contributed by atoms with Gasteiger partial charge in [0.15, 0.2) is 5.12 Å². The molecule has 5 heteroatoms. The molecule has 0 fully saturated rings. The molecular weight excluding hydrogens is 250 g/mol. The van der Waals surface area contributed by atoms with Crippen molar-refractivity contribution in [2.24, 2.45) is 0 Å². The van der Waals surface area contributed by atoms with Crippen LogP contribution in [0.15, 0.2) is 30.5 Å². The Morgan fingerprint density at radius 2 is 2.17 bits per heavy atom. The summed E-state index contributed by atoms with van der Waals surface area (Å²) in [6.45, 7) is 1.44. The summed E-state index contributed by atoms with van der Waals surface area (Å²) in [6, 6.07) is 7.44. The van der Waals surface area contributed by atoms with Crippen molar-refractivity contribution in [2.45, 2.75) is 19.1 Å². The van der Waals surface area contributed by atoms with Gasteiger partial charge in [0.05, 0.1) is 11.6 Å². The minimum Gasteiger partial charge on any atom is -0.389 e. The third-order valence-electron chi connectivity index (χ3n) is 2.76. The number of carbonyl (C=O) groups excluding carboxylic acids is 1. The van der Waals surface area contributed by atoms with Gasteiger partial charge in [-0.25, -0.2) is 0 Å². The summed E-state index contributed by atoms with van der Waals surface area (Å²) >= 11 is 1.01. The largest absolute Gasteiger partial charge is 0.389 e. The van der Waals surface area contributed by atoms with Crippen molar-refractivity contribution in [3.05, 3.63) is 36.0 Å². The lowest BCUT2D eigenvalue weighted by Crippen LogP contribution is -2.21. The molecule has 0 aliphatic heterocycles. The van der Waals surface area contributed by atoms with Crippen molar-refractivity contribution in [3.63, 3.8) is 0 Å². The molecule has 2 atom stereocenters. The minimum absolute atomic E-state index is 0.0701. The first-order chi connectivity index (χ1) is 8.59. The average Bonchev–Trinajstić information content (AvgIpc) is 2.82. The molecule has 1 heterocycles. The predicted molar refractivity (Wildman–Crippen MR) is 72.4 cm³/mol. The number of H-pyrrole nitrogens is 1. The zero-order valence-electron chi connectivity index (χ0n) is 9.96. The van der Waals surface area contributed by atoms with Gasteiger partial charge in [-0.3, -0.25) is 4.79 Å². The Bertz CT molecular complexity index is 552. The van der Waals surface area contributed by atoms with Crippen LogP contribution in [0.3, 0.4) is 0 Å². The average molecular weight is 265 g/mol. The molecule has 4 nitrogen and oxygen atoms in total. The van der Waals surface area contributed by atoms with Crippen LogP contribution in [-0.2, 0) is 4.79 Å². The highest BCUT2D eigenvalue weighted by Crippen LogP contribution is 2.26. The molecule has 0 aliphatic carbocycles. The number of fused-ring (bicyclic) bond motifs is 1. The Morgan fingerprint density at radius 1 is 1.39 bits per heavy atom. The van der Waals surface area contributed by atoms with Gasteiger partial charge in [-0.05, 0) is 11.5 Å². The molecule has 96 valence electrons. The van der Waals surface area contributed by atoms with Gasteiger partial charge >= 0.3 is 0 Å². The summed E-state index contributed by atoms with van der Waals surface area (Å²) in [7, 11) is 0. The van der Waals surface area contributed by atoms with E-state index in [0.717, 1.165) is 22.7 Å². The van der Waals surface area contributed by atoms with Gasteiger partial charge in [-0.1, -0.05) is 30.0 Å². The molecule has 0 bridgehead atoms. The zero-order valence-corrected chi connectivity index (χ0v) is 10.8. The van der Waals surface area contributed by atoms with Crippen LogP contribution in [0.25, 0.3) is 10.9 Å². The van der Waals surface area contributed by atoms with Crippen LogP contribution >= 0.6 is 11.8 Å². The quantitative estimate of drug-likeness (QED) is 0.788. The maximum atomic E-state index is 10.8. The number of aromatic amines is 1. The lowest BCUT2D eigenvalue weighted by molar-refractivity contribution is -0.109. The van der Waals surface area contributed by atoms with Gasteiger partial charge in [0.1, 0.15) is 6.10 Å². The van der Waals surface area contributed by atoms with Crippen molar-refractivity contribution in [3.8, 4) is 0 Å². The number of hydrogen-bond acceptors (Lipinski definition) is 4.